The lowest BCUT2D eigenvalue weighted by molar-refractivity contribution is -0.129. The van der Waals surface area contributed by atoms with Crippen molar-refractivity contribution < 1.29 is 18.4 Å². The zero-order valence-electron chi connectivity index (χ0n) is 20.0. The monoisotopic (exact) mass is 546 g/mol. The third kappa shape index (κ3) is 3.70. The second kappa shape index (κ2) is 8.73. The number of hydrogen-bond donors (Lipinski definition) is 1. The Balaban J connectivity index is 1.22. The van der Waals surface area contributed by atoms with Crippen LogP contribution in [0.4, 0.5) is 8.78 Å². The van der Waals surface area contributed by atoms with E-state index in [1.165, 1.54) is 35.4 Å². The highest BCUT2D eigenvalue weighted by Crippen LogP contribution is 2.44. The molecule has 0 radical (unpaired) electrons. The molecule has 2 amide bonds. The van der Waals surface area contributed by atoms with E-state index >= 15 is 8.78 Å². The first kappa shape index (κ1) is 23.5. The van der Waals surface area contributed by atoms with E-state index in [-0.39, 0.29) is 39.5 Å². The first-order chi connectivity index (χ1) is 18.9. The van der Waals surface area contributed by atoms with Gasteiger partial charge in [-0.25, -0.2) is 18.8 Å². The molecule has 1 saturated heterocycles. The summed E-state index contributed by atoms with van der Waals surface area (Å²) in [7, 11) is 0. The molecular weight excluding hydrogens is 530 g/mol. The van der Waals surface area contributed by atoms with Gasteiger partial charge in [-0.15, -0.1) is 5.10 Å². The fourth-order valence-electron chi connectivity index (χ4n) is 5.64. The molecule has 3 aliphatic rings. The van der Waals surface area contributed by atoms with E-state index in [4.69, 9.17) is 11.6 Å². The Bertz CT molecular complexity index is 1850. The van der Waals surface area contributed by atoms with Crippen molar-refractivity contribution in [3.8, 4) is 16.9 Å². The summed E-state index contributed by atoms with van der Waals surface area (Å²) in [6, 6.07) is 5.66. The molecule has 39 heavy (non-hydrogen) atoms. The summed E-state index contributed by atoms with van der Waals surface area (Å²) in [4.78, 5) is 38.1. The van der Waals surface area contributed by atoms with Gasteiger partial charge in [0, 0.05) is 34.5 Å². The van der Waals surface area contributed by atoms with Crippen LogP contribution in [0.15, 0.2) is 47.9 Å². The van der Waals surface area contributed by atoms with E-state index < -0.39 is 17.5 Å². The molecule has 1 fully saturated rings. The summed E-state index contributed by atoms with van der Waals surface area (Å²) < 4.78 is 31.7. The second-order valence-electron chi connectivity index (χ2n) is 9.52. The number of carbonyl (C=O) groups is 2. The maximum Gasteiger partial charge on any atom is 0.271 e. The van der Waals surface area contributed by atoms with Crippen LogP contribution in [0.2, 0.25) is 5.02 Å². The molecular formula is C26H17ClF2N8O2. The average molecular weight is 547 g/mol. The average Bonchev–Trinajstić information content (AvgIpc) is 3.72. The number of aromatic nitrogens is 6. The highest BCUT2D eigenvalue weighted by molar-refractivity contribution is 6.31. The Kier molecular flexibility index (Phi) is 5.27. The summed E-state index contributed by atoms with van der Waals surface area (Å²) in [5.41, 5.74) is 1.70. The number of rotatable bonds is 4. The maximum atomic E-state index is 15.3. The lowest BCUT2D eigenvalue weighted by Crippen LogP contribution is -2.39. The van der Waals surface area contributed by atoms with Crippen molar-refractivity contribution in [3.05, 3.63) is 81.5 Å². The Morgan fingerprint density at radius 2 is 1.92 bits per heavy atom. The number of nitrogens with zero attached hydrogens (tertiary/aromatic N) is 7. The van der Waals surface area contributed by atoms with E-state index in [0.29, 0.717) is 47.3 Å². The van der Waals surface area contributed by atoms with Crippen LogP contribution in [-0.2, 0) is 9.59 Å². The van der Waals surface area contributed by atoms with Gasteiger partial charge in [0.25, 0.3) is 5.91 Å². The normalized spacial score (nSPS) is 20.0. The van der Waals surface area contributed by atoms with Gasteiger partial charge in [0.15, 0.2) is 11.6 Å². The van der Waals surface area contributed by atoms with Gasteiger partial charge in [0.05, 0.1) is 28.6 Å². The summed E-state index contributed by atoms with van der Waals surface area (Å²) in [5, 5.41) is 11.5. The fraction of sp³-hybridized carbons (Fsp3) is 0.192. The zero-order valence-corrected chi connectivity index (χ0v) is 20.7. The van der Waals surface area contributed by atoms with Crippen molar-refractivity contribution in [3.63, 3.8) is 0 Å². The van der Waals surface area contributed by atoms with Crippen molar-refractivity contribution >= 4 is 35.1 Å². The minimum atomic E-state index is -0.648. The van der Waals surface area contributed by atoms with Gasteiger partial charge in [-0.3, -0.25) is 9.59 Å². The van der Waals surface area contributed by atoms with Gasteiger partial charge in [0.2, 0.25) is 5.91 Å². The lowest BCUT2D eigenvalue weighted by atomic mass is 9.92. The van der Waals surface area contributed by atoms with Crippen molar-refractivity contribution in [2.75, 3.05) is 0 Å². The third-order valence-electron chi connectivity index (χ3n) is 7.35. The summed E-state index contributed by atoms with van der Waals surface area (Å²) >= 11 is 6.10. The highest BCUT2D eigenvalue weighted by atomic mass is 35.5. The van der Waals surface area contributed by atoms with E-state index in [0.717, 1.165) is 0 Å². The molecule has 0 spiro atoms. The molecule has 0 bridgehead atoms. The van der Waals surface area contributed by atoms with Crippen LogP contribution in [0.25, 0.3) is 28.6 Å². The van der Waals surface area contributed by atoms with Gasteiger partial charge in [-0.2, -0.15) is 4.68 Å². The van der Waals surface area contributed by atoms with Gasteiger partial charge in [-0.05, 0) is 53.5 Å². The van der Waals surface area contributed by atoms with Crippen LogP contribution in [0, 0.1) is 11.6 Å². The topological polar surface area (TPSA) is 122 Å². The Hall–Kier alpha value is -4.58. The molecule has 1 unspecified atom stereocenters. The Labute approximate surface area is 223 Å². The molecule has 4 aromatic rings. The summed E-state index contributed by atoms with van der Waals surface area (Å²) in [5.74, 6) is -1.54. The molecule has 2 aromatic heterocycles. The molecule has 3 aliphatic heterocycles. The van der Waals surface area contributed by atoms with Crippen LogP contribution in [0.5, 0.6) is 0 Å². The van der Waals surface area contributed by atoms with Crippen molar-refractivity contribution in [2.45, 2.75) is 31.3 Å². The van der Waals surface area contributed by atoms with E-state index in [1.807, 2.05) is 0 Å². The predicted octanol–water partition coefficient (Wildman–Crippen LogP) is 2.44. The number of nitrogens with one attached hydrogen (secondary N) is 1. The molecule has 2 atom stereocenters. The lowest BCUT2D eigenvalue weighted by Gasteiger charge is -2.33. The van der Waals surface area contributed by atoms with Crippen molar-refractivity contribution in [1.82, 2.24) is 35.1 Å². The van der Waals surface area contributed by atoms with Crippen LogP contribution in [0.1, 0.15) is 36.7 Å². The molecule has 10 nitrogen and oxygen atoms in total. The van der Waals surface area contributed by atoms with Gasteiger partial charge >= 0.3 is 0 Å². The first-order valence-corrected chi connectivity index (χ1v) is 12.5. The molecule has 194 valence electrons. The largest absolute Gasteiger partial charge is 0.340 e. The second-order valence-corrected chi connectivity index (χ2v) is 9.92. The molecule has 2 aromatic carbocycles. The minimum Gasteiger partial charge on any atom is -0.340 e. The Morgan fingerprint density at radius 1 is 1.05 bits per heavy atom. The fourth-order valence-corrected chi connectivity index (χ4v) is 5.80. The number of benzene rings is 2. The van der Waals surface area contributed by atoms with E-state index in [2.05, 4.69) is 30.5 Å². The molecule has 1 N–H and O–H groups in total. The predicted molar refractivity (Wildman–Crippen MR) is 134 cm³/mol. The molecule has 5 heterocycles. The van der Waals surface area contributed by atoms with Gasteiger partial charge < -0.3 is 9.88 Å². The minimum absolute atomic E-state index is 0.00717. The number of halogens is 3. The number of hydrogen-bond acceptors (Lipinski definition) is 6. The van der Waals surface area contributed by atoms with Gasteiger partial charge in [0.1, 0.15) is 17.5 Å². The molecule has 13 heteroatoms. The maximum absolute atomic E-state index is 15.3. The SMILES string of the molecule is O=C1C=c2ccc(-c3cnc([C@@H]4CCC5CC(c6c(-n7cnnn7)ccc(Cl)c6F)=CC(=O)N54)[nH]3)c(F)c2=N1. The number of amides is 2. The molecule has 0 aliphatic carbocycles. The highest BCUT2D eigenvalue weighted by Gasteiger charge is 2.42. The van der Waals surface area contributed by atoms with Crippen LogP contribution in [-0.4, -0.2) is 52.9 Å². The first-order valence-electron chi connectivity index (χ1n) is 12.1. The van der Waals surface area contributed by atoms with Gasteiger partial charge in [-0.1, -0.05) is 17.7 Å². The van der Waals surface area contributed by atoms with E-state index in [9.17, 15) is 9.59 Å². The van der Waals surface area contributed by atoms with Crippen molar-refractivity contribution in [1.29, 1.82) is 0 Å². The summed E-state index contributed by atoms with van der Waals surface area (Å²) in [6.07, 6.45) is 7.22. The number of fused-ring (bicyclic) bond motifs is 2. The number of carbonyl (C=O) groups excluding carboxylic acids is 2. The Morgan fingerprint density at radius 3 is 2.74 bits per heavy atom. The third-order valence-corrected chi connectivity index (χ3v) is 7.64. The van der Waals surface area contributed by atoms with Crippen LogP contribution < -0.4 is 10.6 Å². The smallest absolute Gasteiger partial charge is 0.271 e. The quantitative estimate of drug-likeness (QED) is 0.419. The van der Waals surface area contributed by atoms with Crippen molar-refractivity contribution in [2.24, 2.45) is 4.99 Å². The van der Waals surface area contributed by atoms with E-state index in [1.54, 1.807) is 23.1 Å². The molecule has 7 rings (SSSR count). The van der Waals surface area contributed by atoms with Crippen LogP contribution in [0.3, 0.4) is 0 Å². The number of aromatic amines is 1. The summed E-state index contributed by atoms with van der Waals surface area (Å²) in [6.45, 7) is 0. The zero-order chi connectivity index (χ0) is 26.8. The number of H-pyrrole nitrogens is 1. The molecule has 0 saturated carbocycles. The number of imidazole rings is 1. The number of tetrazole rings is 1. The standard InChI is InChI=1S/C26H17ClF2N8O2/c27-16-4-6-18(36-11-31-34-35-36)22(24(16)29)13-7-14-2-5-19(37(14)21(39)9-13)26-30-10-17(32-26)15-3-1-12-8-20(38)33-25(12)23(15)28/h1,3-4,6,8-11,14,19H,2,5,7H2,(H,30,32)/t14?,19-/m0/s1. The van der Waals surface area contributed by atoms with Crippen LogP contribution >= 0.6 is 11.6 Å².